The molecule has 1 saturated carbocycles. The molecule has 4 heteroatoms. The molecular weight excluding hydrogens is 212 g/mol. The molecular formula is C13H22N4. The van der Waals surface area contributed by atoms with Crippen LogP contribution in [0.2, 0.25) is 0 Å². The second kappa shape index (κ2) is 4.90. The number of hydrogen-bond acceptors (Lipinski definition) is 4. The van der Waals surface area contributed by atoms with E-state index in [1.54, 1.807) is 6.20 Å². The number of rotatable bonds is 2. The molecule has 2 N–H and O–H groups in total. The van der Waals surface area contributed by atoms with Gasteiger partial charge in [-0.05, 0) is 38.5 Å². The van der Waals surface area contributed by atoms with Gasteiger partial charge in [-0.3, -0.25) is 0 Å². The summed E-state index contributed by atoms with van der Waals surface area (Å²) >= 11 is 0. The molecule has 0 aromatic carbocycles. The van der Waals surface area contributed by atoms with Gasteiger partial charge in [0.2, 0.25) is 5.95 Å². The number of nitrogen functional groups attached to an aromatic ring is 1. The predicted molar refractivity (Wildman–Crippen MR) is 71.0 cm³/mol. The maximum Gasteiger partial charge on any atom is 0.221 e. The molecule has 1 aliphatic rings. The summed E-state index contributed by atoms with van der Waals surface area (Å²) in [5, 5.41) is 0. The van der Waals surface area contributed by atoms with Gasteiger partial charge < -0.3 is 10.6 Å². The van der Waals surface area contributed by atoms with Crippen molar-refractivity contribution in [3.8, 4) is 0 Å². The highest BCUT2D eigenvalue weighted by atomic mass is 15.2. The lowest BCUT2D eigenvalue weighted by Crippen LogP contribution is -2.36. The van der Waals surface area contributed by atoms with Crippen LogP contribution < -0.4 is 10.6 Å². The molecule has 94 valence electrons. The Labute approximate surface area is 103 Å². The lowest BCUT2D eigenvalue weighted by Gasteiger charge is -2.34. The van der Waals surface area contributed by atoms with E-state index in [2.05, 4.69) is 28.8 Å². The van der Waals surface area contributed by atoms with Crippen molar-refractivity contribution in [1.29, 1.82) is 0 Å². The van der Waals surface area contributed by atoms with Crippen molar-refractivity contribution < 1.29 is 0 Å². The van der Waals surface area contributed by atoms with Gasteiger partial charge in [0.15, 0.2) is 0 Å². The van der Waals surface area contributed by atoms with Gasteiger partial charge in [-0.2, -0.15) is 4.98 Å². The fourth-order valence-electron chi connectivity index (χ4n) is 2.61. The highest BCUT2D eigenvalue weighted by Crippen LogP contribution is 2.29. The second-order valence-electron chi connectivity index (χ2n) is 5.26. The Bertz CT molecular complexity index is 383. The largest absolute Gasteiger partial charge is 0.368 e. The van der Waals surface area contributed by atoms with Crippen LogP contribution in [0.4, 0.5) is 11.8 Å². The van der Waals surface area contributed by atoms with E-state index in [1.807, 2.05) is 6.92 Å². The molecule has 0 atom stereocenters. The number of nitrogens with zero attached hydrogens (tertiary/aromatic N) is 3. The van der Waals surface area contributed by atoms with Gasteiger partial charge in [0.1, 0.15) is 5.82 Å². The van der Waals surface area contributed by atoms with Crippen LogP contribution in [0.5, 0.6) is 0 Å². The molecule has 0 unspecified atom stereocenters. The molecule has 0 radical (unpaired) electrons. The van der Waals surface area contributed by atoms with Crippen molar-refractivity contribution in [2.24, 2.45) is 5.92 Å². The Morgan fingerprint density at radius 1 is 1.29 bits per heavy atom. The fraction of sp³-hybridized carbons (Fsp3) is 0.692. The summed E-state index contributed by atoms with van der Waals surface area (Å²) in [6, 6.07) is 0.596. The molecule has 0 spiro atoms. The summed E-state index contributed by atoms with van der Waals surface area (Å²) in [5.41, 5.74) is 6.77. The molecule has 0 aliphatic heterocycles. The first-order valence-electron chi connectivity index (χ1n) is 6.40. The van der Waals surface area contributed by atoms with E-state index in [1.165, 1.54) is 25.7 Å². The zero-order chi connectivity index (χ0) is 12.4. The van der Waals surface area contributed by atoms with E-state index >= 15 is 0 Å². The monoisotopic (exact) mass is 234 g/mol. The molecule has 0 bridgehead atoms. The van der Waals surface area contributed by atoms with Crippen LogP contribution in [0.3, 0.4) is 0 Å². The number of nitrogens with two attached hydrogens (primary N) is 1. The van der Waals surface area contributed by atoms with E-state index in [0.29, 0.717) is 12.0 Å². The second-order valence-corrected chi connectivity index (χ2v) is 5.26. The van der Waals surface area contributed by atoms with Crippen molar-refractivity contribution in [1.82, 2.24) is 9.97 Å². The fourth-order valence-corrected chi connectivity index (χ4v) is 2.61. The Hall–Kier alpha value is -1.32. The molecule has 0 saturated heterocycles. The number of hydrogen-bond donors (Lipinski definition) is 1. The Morgan fingerprint density at radius 2 is 1.94 bits per heavy atom. The van der Waals surface area contributed by atoms with Crippen molar-refractivity contribution in [2.75, 3.05) is 17.7 Å². The van der Waals surface area contributed by atoms with Crippen LogP contribution in [-0.2, 0) is 0 Å². The van der Waals surface area contributed by atoms with Gasteiger partial charge in [-0.1, -0.05) is 6.92 Å². The average Bonchev–Trinajstić information content (AvgIpc) is 2.32. The standard InChI is InChI=1S/C13H22N4/c1-9-4-6-11(7-5-9)17(3)12-10(2)8-15-13(14)16-12/h8-9,11H,4-7H2,1-3H3,(H2,14,15,16). The Morgan fingerprint density at radius 3 is 2.59 bits per heavy atom. The van der Waals surface area contributed by atoms with Gasteiger partial charge in [-0.25, -0.2) is 4.98 Å². The van der Waals surface area contributed by atoms with E-state index in [9.17, 15) is 0 Å². The van der Waals surface area contributed by atoms with Crippen LogP contribution >= 0.6 is 0 Å². The van der Waals surface area contributed by atoms with E-state index in [4.69, 9.17) is 5.73 Å². The van der Waals surface area contributed by atoms with Crippen molar-refractivity contribution in [3.05, 3.63) is 11.8 Å². The Balaban J connectivity index is 2.13. The zero-order valence-electron chi connectivity index (χ0n) is 11.0. The summed E-state index contributed by atoms with van der Waals surface area (Å²) in [6.07, 6.45) is 6.94. The van der Waals surface area contributed by atoms with Crippen LogP contribution in [0.1, 0.15) is 38.2 Å². The first-order valence-corrected chi connectivity index (χ1v) is 6.40. The Kier molecular flexibility index (Phi) is 3.50. The minimum atomic E-state index is 0.363. The SMILES string of the molecule is Cc1cnc(N)nc1N(C)C1CCC(C)CC1. The quantitative estimate of drug-likeness (QED) is 0.853. The summed E-state index contributed by atoms with van der Waals surface area (Å²) in [6.45, 7) is 4.38. The molecule has 1 aliphatic carbocycles. The number of anilines is 2. The topological polar surface area (TPSA) is 55.0 Å². The van der Waals surface area contributed by atoms with Crippen LogP contribution in [0, 0.1) is 12.8 Å². The molecule has 2 rings (SSSR count). The maximum absolute atomic E-state index is 5.67. The van der Waals surface area contributed by atoms with E-state index < -0.39 is 0 Å². The van der Waals surface area contributed by atoms with Crippen molar-refractivity contribution in [2.45, 2.75) is 45.6 Å². The van der Waals surface area contributed by atoms with Crippen molar-refractivity contribution in [3.63, 3.8) is 0 Å². The third kappa shape index (κ3) is 2.68. The van der Waals surface area contributed by atoms with Gasteiger partial charge in [0, 0.05) is 24.8 Å². The lowest BCUT2D eigenvalue weighted by atomic mass is 9.87. The van der Waals surface area contributed by atoms with Gasteiger partial charge in [-0.15, -0.1) is 0 Å². The van der Waals surface area contributed by atoms with E-state index in [-0.39, 0.29) is 0 Å². The average molecular weight is 234 g/mol. The minimum absolute atomic E-state index is 0.363. The summed E-state index contributed by atoms with van der Waals surface area (Å²) in [7, 11) is 2.12. The highest BCUT2D eigenvalue weighted by Gasteiger charge is 2.23. The van der Waals surface area contributed by atoms with Crippen LogP contribution in [0.25, 0.3) is 0 Å². The molecule has 1 fully saturated rings. The predicted octanol–water partition coefficient (Wildman–Crippen LogP) is 2.38. The van der Waals surface area contributed by atoms with Crippen LogP contribution in [-0.4, -0.2) is 23.1 Å². The normalized spacial score (nSPS) is 24.6. The van der Waals surface area contributed by atoms with E-state index in [0.717, 1.165) is 17.3 Å². The third-order valence-corrected chi connectivity index (χ3v) is 3.83. The first kappa shape index (κ1) is 12.1. The van der Waals surface area contributed by atoms with Gasteiger partial charge in [0.25, 0.3) is 0 Å². The zero-order valence-corrected chi connectivity index (χ0v) is 11.0. The van der Waals surface area contributed by atoms with Gasteiger partial charge in [0.05, 0.1) is 0 Å². The highest BCUT2D eigenvalue weighted by molar-refractivity contribution is 5.48. The maximum atomic E-state index is 5.67. The number of aryl methyl sites for hydroxylation is 1. The minimum Gasteiger partial charge on any atom is -0.368 e. The molecule has 0 amide bonds. The molecule has 4 nitrogen and oxygen atoms in total. The molecule has 1 aromatic rings. The summed E-state index contributed by atoms with van der Waals surface area (Å²) < 4.78 is 0. The number of aromatic nitrogens is 2. The molecule has 17 heavy (non-hydrogen) atoms. The van der Waals surface area contributed by atoms with Gasteiger partial charge >= 0.3 is 0 Å². The molecule has 1 heterocycles. The molecule has 1 aromatic heterocycles. The lowest BCUT2D eigenvalue weighted by molar-refractivity contribution is 0.340. The van der Waals surface area contributed by atoms with Crippen LogP contribution in [0.15, 0.2) is 6.20 Å². The third-order valence-electron chi connectivity index (χ3n) is 3.83. The smallest absolute Gasteiger partial charge is 0.221 e. The summed E-state index contributed by atoms with van der Waals surface area (Å²) in [4.78, 5) is 10.7. The first-order chi connectivity index (χ1) is 8.08. The summed E-state index contributed by atoms with van der Waals surface area (Å²) in [5.74, 6) is 2.22. The van der Waals surface area contributed by atoms with Crippen molar-refractivity contribution >= 4 is 11.8 Å².